The Kier molecular flexibility index (Phi) is 3.54. The van der Waals surface area contributed by atoms with E-state index in [-0.39, 0.29) is 23.8 Å². The molecular weight excluding hydrogens is 272 g/mol. The Morgan fingerprint density at radius 1 is 1.50 bits per heavy atom. The van der Waals surface area contributed by atoms with Crippen LogP contribution in [-0.2, 0) is 9.59 Å². The van der Waals surface area contributed by atoms with Gasteiger partial charge >= 0.3 is 0 Å². The van der Waals surface area contributed by atoms with E-state index in [1.807, 2.05) is 29.5 Å². The van der Waals surface area contributed by atoms with E-state index in [1.165, 1.54) is 12.8 Å². The van der Waals surface area contributed by atoms with Gasteiger partial charge in [0.25, 0.3) is 0 Å². The van der Waals surface area contributed by atoms with Crippen LogP contribution in [0.4, 0.5) is 0 Å². The van der Waals surface area contributed by atoms with Crippen LogP contribution >= 0.6 is 11.3 Å². The number of hydrogen-bond donors (Lipinski definition) is 0. The standard InChI is InChI=1S/C15H20N2O2S/c1-16(9-10-5-6-10)15(19)11-8-13(18)17(2)14(11)12-4-3-7-20-12/h3-4,7,10-11,14H,5-6,8-9H2,1-2H3/t11-,14+/m1/s1. The Labute approximate surface area is 123 Å². The van der Waals surface area contributed by atoms with Gasteiger partial charge in [0.05, 0.1) is 12.0 Å². The highest BCUT2D eigenvalue weighted by Crippen LogP contribution is 2.40. The Bertz CT molecular complexity index is 510. The van der Waals surface area contributed by atoms with Crippen molar-refractivity contribution in [1.82, 2.24) is 9.80 Å². The average molecular weight is 292 g/mol. The average Bonchev–Trinajstić information content (AvgIpc) is 2.97. The molecule has 1 aliphatic carbocycles. The molecule has 20 heavy (non-hydrogen) atoms. The molecule has 108 valence electrons. The smallest absolute Gasteiger partial charge is 0.228 e. The van der Waals surface area contributed by atoms with E-state index in [0.29, 0.717) is 12.3 Å². The predicted molar refractivity (Wildman–Crippen MR) is 78.3 cm³/mol. The molecule has 0 unspecified atom stereocenters. The Morgan fingerprint density at radius 2 is 2.25 bits per heavy atom. The second-order valence-electron chi connectivity index (χ2n) is 5.94. The summed E-state index contributed by atoms with van der Waals surface area (Å²) in [6, 6.07) is 3.91. The van der Waals surface area contributed by atoms with Crippen molar-refractivity contribution in [3.05, 3.63) is 22.4 Å². The molecule has 0 spiro atoms. The maximum absolute atomic E-state index is 12.7. The summed E-state index contributed by atoms with van der Waals surface area (Å²) in [7, 11) is 3.68. The molecular formula is C15H20N2O2S. The van der Waals surface area contributed by atoms with E-state index in [9.17, 15) is 9.59 Å². The first kappa shape index (κ1) is 13.6. The fourth-order valence-corrected chi connectivity index (χ4v) is 3.93. The maximum Gasteiger partial charge on any atom is 0.228 e. The van der Waals surface area contributed by atoms with Gasteiger partial charge in [0.1, 0.15) is 0 Å². The molecule has 2 heterocycles. The van der Waals surface area contributed by atoms with Gasteiger partial charge in [0.15, 0.2) is 0 Å². The molecule has 1 aromatic rings. The lowest BCUT2D eigenvalue weighted by Crippen LogP contribution is -2.36. The van der Waals surface area contributed by atoms with Crippen LogP contribution in [0.25, 0.3) is 0 Å². The zero-order valence-corrected chi connectivity index (χ0v) is 12.7. The molecule has 2 atom stereocenters. The second-order valence-corrected chi connectivity index (χ2v) is 6.92. The quantitative estimate of drug-likeness (QED) is 0.853. The lowest BCUT2D eigenvalue weighted by Gasteiger charge is -2.27. The highest BCUT2D eigenvalue weighted by Gasteiger charge is 2.44. The summed E-state index contributed by atoms with van der Waals surface area (Å²) >= 11 is 1.62. The van der Waals surface area contributed by atoms with Crippen LogP contribution in [0.15, 0.2) is 17.5 Å². The van der Waals surface area contributed by atoms with Gasteiger partial charge < -0.3 is 9.80 Å². The van der Waals surface area contributed by atoms with E-state index in [4.69, 9.17) is 0 Å². The molecule has 4 nitrogen and oxygen atoms in total. The molecule has 0 bridgehead atoms. The molecule has 2 aliphatic rings. The zero-order chi connectivity index (χ0) is 14.3. The van der Waals surface area contributed by atoms with Gasteiger partial charge in [-0.05, 0) is 30.2 Å². The highest BCUT2D eigenvalue weighted by molar-refractivity contribution is 7.10. The first-order chi connectivity index (χ1) is 9.58. The molecule has 1 aromatic heterocycles. The van der Waals surface area contributed by atoms with Crippen molar-refractivity contribution >= 4 is 23.2 Å². The minimum Gasteiger partial charge on any atom is -0.345 e. The first-order valence-corrected chi connectivity index (χ1v) is 8.00. The minimum atomic E-state index is -0.227. The third-order valence-electron chi connectivity index (χ3n) is 4.34. The van der Waals surface area contributed by atoms with Crippen molar-refractivity contribution in [2.45, 2.75) is 25.3 Å². The summed E-state index contributed by atoms with van der Waals surface area (Å²) in [6.07, 6.45) is 2.80. The van der Waals surface area contributed by atoms with Crippen LogP contribution in [0.3, 0.4) is 0 Å². The molecule has 2 amide bonds. The molecule has 1 saturated carbocycles. The third-order valence-corrected chi connectivity index (χ3v) is 5.29. The van der Waals surface area contributed by atoms with Gasteiger partial charge in [-0.2, -0.15) is 0 Å². The van der Waals surface area contributed by atoms with Gasteiger partial charge in [-0.25, -0.2) is 0 Å². The zero-order valence-electron chi connectivity index (χ0n) is 11.9. The molecule has 5 heteroatoms. The van der Waals surface area contributed by atoms with Gasteiger partial charge in [-0.1, -0.05) is 6.07 Å². The number of carbonyl (C=O) groups excluding carboxylic acids is 2. The number of hydrogen-bond acceptors (Lipinski definition) is 3. The van der Waals surface area contributed by atoms with Crippen molar-refractivity contribution < 1.29 is 9.59 Å². The monoisotopic (exact) mass is 292 g/mol. The van der Waals surface area contributed by atoms with Gasteiger partial charge in [0, 0.05) is 31.9 Å². The maximum atomic E-state index is 12.7. The molecule has 0 radical (unpaired) electrons. The largest absolute Gasteiger partial charge is 0.345 e. The van der Waals surface area contributed by atoms with Crippen LogP contribution in [0, 0.1) is 11.8 Å². The van der Waals surface area contributed by atoms with Crippen LogP contribution < -0.4 is 0 Å². The molecule has 0 aromatic carbocycles. The number of amides is 2. The fourth-order valence-electron chi connectivity index (χ4n) is 3.00. The lowest BCUT2D eigenvalue weighted by molar-refractivity contribution is -0.135. The molecule has 2 fully saturated rings. The van der Waals surface area contributed by atoms with E-state index in [1.54, 1.807) is 23.3 Å². The molecule has 1 aliphatic heterocycles. The third kappa shape index (κ3) is 2.46. The number of likely N-dealkylation sites (tertiary alicyclic amines) is 1. The first-order valence-electron chi connectivity index (χ1n) is 7.12. The van der Waals surface area contributed by atoms with Crippen molar-refractivity contribution in [2.24, 2.45) is 11.8 Å². The van der Waals surface area contributed by atoms with Gasteiger partial charge in [-0.15, -0.1) is 11.3 Å². The molecule has 1 saturated heterocycles. The summed E-state index contributed by atoms with van der Waals surface area (Å²) in [5.41, 5.74) is 0. The number of rotatable bonds is 4. The van der Waals surface area contributed by atoms with E-state index < -0.39 is 0 Å². The van der Waals surface area contributed by atoms with Crippen LogP contribution in [-0.4, -0.2) is 42.3 Å². The van der Waals surface area contributed by atoms with E-state index >= 15 is 0 Å². The van der Waals surface area contributed by atoms with Crippen LogP contribution in [0.2, 0.25) is 0 Å². The van der Waals surface area contributed by atoms with Crippen LogP contribution in [0.5, 0.6) is 0 Å². The summed E-state index contributed by atoms with van der Waals surface area (Å²) in [5.74, 6) is 0.642. The lowest BCUT2D eigenvalue weighted by atomic mass is 9.97. The summed E-state index contributed by atoms with van der Waals surface area (Å²) in [6.45, 7) is 0.838. The number of carbonyl (C=O) groups is 2. The van der Waals surface area contributed by atoms with Crippen molar-refractivity contribution in [3.63, 3.8) is 0 Å². The van der Waals surface area contributed by atoms with Crippen molar-refractivity contribution in [3.8, 4) is 0 Å². The normalized spacial score (nSPS) is 26.1. The van der Waals surface area contributed by atoms with Crippen molar-refractivity contribution in [1.29, 1.82) is 0 Å². The summed E-state index contributed by atoms with van der Waals surface area (Å²) < 4.78 is 0. The SMILES string of the molecule is CN(CC1CC1)C(=O)[C@@H]1CC(=O)N(C)[C@@H]1c1cccs1. The Balaban J connectivity index is 1.79. The summed E-state index contributed by atoms with van der Waals surface area (Å²) in [5, 5.41) is 2.00. The minimum absolute atomic E-state index is 0.0709. The number of thiophene rings is 1. The summed E-state index contributed by atoms with van der Waals surface area (Å²) in [4.78, 5) is 29.3. The van der Waals surface area contributed by atoms with Gasteiger partial charge in [-0.3, -0.25) is 9.59 Å². The second kappa shape index (κ2) is 5.20. The number of nitrogens with zero attached hydrogens (tertiary/aromatic N) is 2. The van der Waals surface area contributed by atoms with E-state index in [2.05, 4.69) is 0 Å². The predicted octanol–water partition coefficient (Wildman–Crippen LogP) is 2.14. The fraction of sp³-hybridized carbons (Fsp3) is 0.600. The molecule has 0 N–H and O–H groups in total. The van der Waals surface area contributed by atoms with Crippen molar-refractivity contribution in [2.75, 3.05) is 20.6 Å². The van der Waals surface area contributed by atoms with E-state index in [0.717, 1.165) is 11.4 Å². The van der Waals surface area contributed by atoms with Gasteiger partial charge in [0.2, 0.25) is 11.8 Å². The Hall–Kier alpha value is -1.36. The highest BCUT2D eigenvalue weighted by atomic mass is 32.1. The van der Waals surface area contributed by atoms with Crippen LogP contribution in [0.1, 0.15) is 30.2 Å². The Morgan fingerprint density at radius 3 is 2.85 bits per heavy atom. The molecule has 3 rings (SSSR count). The topological polar surface area (TPSA) is 40.6 Å².